The van der Waals surface area contributed by atoms with Gasteiger partial charge in [-0.15, -0.1) is 0 Å². The minimum atomic E-state index is -0.735. The fraction of sp³-hybridized carbons (Fsp3) is 0.286. The molecule has 1 aliphatic heterocycles. The first kappa shape index (κ1) is 19.6. The molecule has 1 aromatic heterocycles. The van der Waals surface area contributed by atoms with Crippen molar-refractivity contribution in [1.29, 1.82) is 0 Å². The molecule has 9 nitrogen and oxygen atoms in total. The minimum absolute atomic E-state index is 0.114. The predicted octanol–water partition coefficient (Wildman–Crippen LogP) is 2.10. The van der Waals surface area contributed by atoms with E-state index in [4.69, 9.17) is 4.52 Å². The zero-order valence-electron chi connectivity index (χ0n) is 16.4. The molecule has 0 radical (unpaired) electrons. The van der Waals surface area contributed by atoms with Gasteiger partial charge in [0.2, 0.25) is 11.8 Å². The van der Waals surface area contributed by atoms with Crippen molar-refractivity contribution in [1.82, 2.24) is 20.8 Å². The maximum Gasteiger partial charge on any atom is 0.329 e. The van der Waals surface area contributed by atoms with Crippen molar-refractivity contribution in [3.8, 4) is 0 Å². The van der Waals surface area contributed by atoms with Crippen LogP contribution in [0.2, 0.25) is 0 Å². The molecule has 0 aliphatic carbocycles. The highest BCUT2D eigenvalue weighted by Crippen LogP contribution is 2.29. The molecule has 2 N–H and O–H groups in total. The Kier molecular flexibility index (Phi) is 5.42. The molecule has 1 aliphatic rings. The number of imide groups is 1. The molecule has 30 heavy (non-hydrogen) atoms. The first-order valence-corrected chi connectivity index (χ1v) is 9.71. The molecule has 3 aromatic rings. The largest absolute Gasteiger partial charge is 0.356 e. The Bertz CT molecular complexity index is 1100. The van der Waals surface area contributed by atoms with Crippen LogP contribution in [0.1, 0.15) is 24.6 Å². The Morgan fingerprint density at radius 2 is 2.00 bits per heavy atom. The Labute approximate surface area is 172 Å². The van der Waals surface area contributed by atoms with E-state index in [1.807, 2.05) is 36.4 Å². The number of anilines is 1. The van der Waals surface area contributed by atoms with Crippen LogP contribution in [0, 0.1) is 6.92 Å². The van der Waals surface area contributed by atoms with Gasteiger partial charge in [-0.25, -0.2) is 9.69 Å². The summed E-state index contributed by atoms with van der Waals surface area (Å²) in [5.41, 5.74) is 0.539. The molecular weight excluding hydrogens is 386 g/mol. The number of nitrogens with one attached hydrogen (secondary N) is 2. The van der Waals surface area contributed by atoms with Crippen molar-refractivity contribution in [2.75, 3.05) is 11.4 Å². The lowest BCUT2D eigenvalue weighted by Crippen LogP contribution is -2.33. The predicted molar refractivity (Wildman–Crippen MR) is 109 cm³/mol. The Balaban J connectivity index is 1.34. The van der Waals surface area contributed by atoms with Crippen LogP contribution >= 0.6 is 0 Å². The van der Waals surface area contributed by atoms with Crippen molar-refractivity contribution >= 4 is 34.3 Å². The maximum absolute atomic E-state index is 12.9. The SMILES string of the molecule is Cc1noc(CCNC(=O)CC[C@H]2NC(=O)N(c3cccc4ccccc34)C2=O)n1. The number of carbonyl (C=O) groups is 3. The van der Waals surface area contributed by atoms with Gasteiger partial charge < -0.3 is 15.2 Å². The molecule has 9 heteroatoms. The molecule has 4 amide bonds. The minimum Gasteiger partial charge on any atom is -0.356 e. The number of aryl methyl sites for hydroxylation is 1. The molecule has 4 rings (SSSR count). The molecule has 0 unspecified atom stereocenters. The summed E-state index contributed by atoms with van der Waals surface area (Å²) in [5.74, 6) is 0.432. The van der Waals surface area contributed by atoms with Crippen LogP contribution in [0.25, 0.3) is 10.8 Å². The third-order valence-corrected chi connectivity index (χ3v) is 4.92. The van der Waals surface area contributed by atoms with E-state index in [1.54, 1.807) is 13.0 Å². The standard InChI is InChI=1S/C21H21N5O4/c1-13-23-19(30-25-13)11-12-22-18(27)10-9-16-20(28)26(21(29)24-16)17-8-4-6-14-5-2-3-7-15(14)17/h2-8,16H,9-12H2,1H3,(H,22,27)(H,24,29)/t16-/m1/s1. The second kappa shape index (κ2) is 8.32. The first-order valence-electron chi connectivity index (χ1n) is 9.71. The average Bonchev–Trinajstić information content (AvgIpc) is 3.28. The fourth-order valence-corrected chi connectivity index (χ4v) is 3.47. The number of fused-ring (bicyclic) bond motifs is 1. The van der Waals surface area contributed by atoms with Crippen LogP contribution < -0.4 is 15.5 Å². The van der Waals surface area contributed by atoms with E-state index in [2.05, 4.69) is 20.8 Å². The van der Waals surface area contributed by atoms with Gasteiger partial charge in [0.25, 0.3) is 5.91 Å². The summed E-state index contributed by atoms with van der Waals surface area (Å²) in [6.45, 7) is 2.08. The van der Waals surface area contributed by atoms with Crippen LogP contribution in [0.5, 0.6) is 0 Å². The summed E-state index contributed by atoms with van der Waals surface area (Å²) < 4.78 is 4.99. The van der Waals surface area contributed by atoms with Crippen molar-refractivity contribution in [2.45, 2.75) is 32.2 Å². The third kappa shape index (κ3) is 4.00. The van der Waals surface area contributed by atoms with Gasteiger partial charge in [0.1, 0.15) is 6.04 Å². The Morgan fingerprint density at radius 1 is 1.20 bits per heavy atom. The maximum atomic E-state index is 12.9. The van der Waals surface area contributed by atoms with Gasteiger partial charge in [-0.1, -0.05) is 41.6 Å². The lowest BCUT2D eigenvalue weighted by molar-refractivity contribution is -0.121. The number of benzene rings is 2. The Hall–Kier alpha value is -3.75. The van der Waals surface area contributed by atoms with Crippen LogP contribution in [-0.2, 0) is 16.0 Å². The number of hydrogen-bond donors (Lipinski definition) is 2. The molecule has 1 saturated heterocycles. The van der Waals surface area contributed by atoms with E-state index < -0.39 is 12.1 Å². The number of hydrogen-bond acceptors (Lipinski definition) is 6. The molecule has 0 bridgehead atoms. The number of urea groups is 1. The summed E-state index contributed by atoms with van der Waals surface area (Å²) in [4.78, 5) is 42.7. The van der Waals surface area contributed by atoms with Gasteiger partial charge in [-0.2, -0.15) is 4.98 Å². The molecule has 154 valence electrons. The van der Waals surface area contributed by atoms with E-state index in [1.165, 1.54) is 0 Å². The van der Waals surface area contributed by atoms with Crippen molar-refractivity contribution in [3.05, 3.63) is 54.2 Å². The van der Waals surface area contributed by atoms with Gasteiger partial charge in [-0.3, -0.25) is 9.59 Å². The van der Waals surface area contributed by atoms with Crippen LogP contribution in [0.15, 0.2) is 47.0 Å². The molecule has 0 spiro atoms. The van der Waals surface area contributed by atoms with Crippen molar-refractivity contribution in [3.63, 3.8) is 0 Å². The van der Waals surface area contributed by atoms with E-state index in [-0.39, 0.29) is 24.7 Å². The highest BCUT2D eigenvalue weighted by Gasteiger charge is 2.39. The van der Waals surface area contributed by atoms with Crippen LogP contribution in [0.4, 0.5) is 10.5 Å². The molecule has 1 atom stereocenters. The van der Waals surface area contributed by atoms with Crippen molar-refractivity contribution < 1.29 is 18.9 Å². The summed E-state index contributed by atoms with van der Waals surface area (Å²) in [6.07, 6.45) is 0.765. The average molecular weight is 407 g/mol. The topological polar surface area (TPSA) is 117 Å². The van der Waals surface area contributed by atoms with Crippen LogP contribution in [-0.4, -0.2) is 40.6 Å². The number of aromatic nitrogens is 2. The highest BCUT2D eigenvalue weighted by atomic mass is 16.5. The van der Waals surface area contributed by atoms with E-state index >= 15 is 0 Å². The molecule has 2 heterocycles. The zero-order valence-corrected chi connectivity index (χ0v) is 16.4. The Morgan fingerprint density at radius 3 is 2.80 bits per heavy atom. The number of nitrogens with zero attached hydrogens (tertiary/aromatic N) is 3. The summed E-state index contributed by atoms with van der Waals surface area (Å²) in [5, 5.41) is 10.9. The fourth-order valence-electron chi connectivity index (χ4n) is 3.47. The van der Waals surface area contributed by atoms with Gasteiger partial charge in [0.15, 0.2) is 5.82 Å². The van der Waals surface area contributed by atoms with Gasteiger partial charge in [-0.05, 0) is 24.8 Å². The zero-order chi connectivity index (χ0) is 21.1. The lowest BCUT2D eigenvalue weighted by atomic mass is 10.1. The van der Waals surface area contributed by atoms with Gasteiger partial charge in [0.05, 0.1) is 5.69 Å². The summed E-state index contributed by atoms with van der Waals surface area (Å²) >= 11 is 0. The summed E-state index contributed by atoms with van der Waals surface area (Å²) in [6, 6.07) is 11.8. The van der Waals surface area contributed by atoms with Crippen molar-refractivity contribution in [2.24, 2.45) is 0 Å². The molecule has 2 aromatic carbocycles. The number of carbonyl (C=O) groups excluding carboxylic acids is 3. The van der Waals surface area contributed by atoms with E-state index in [9.17, 15) is 14.4 Å². The highest BCUT2D eigenvalue weighted by molar-refractivity contribution is 6.24. The lowest BCUT2D eigenvalue weighted by Gasteiger charge is -2.15. The van der Waals surface area contributed by atoms with Gasteiger partial charge >= 0.3 is 6.03 Å². The molecular formula is C21H21N5O4. The number of amides is 4. The quantitative estimate of drug-likeness (QED) is 0.579. The second-order valence-electron chi connectivity index (χ2n) is 7.05. The smallest absolute Gasteiger partial charge is 0.329 e. The third-order valence-electron chi connectivity index (χ3n) is 4.92. The van der Waals surface area contributed by atoms with E-state index in [0.29, 0.717) is 30.4 Å². The normalized spacial score (nSPS) is 16.2. The summed E-state index contributed by atoms with van der Waals surface area (Å²) in [7, 11) is 0. The second-order valence-corrected chi connectivity index (χ2v) is 7.05. The van der Waals surface area contributed by atoms with Crippen LogP contribution in [0.3, 0.4) is 0 Å². The first-order chi connectivity index (χ1) is 14.5. The monoisotopic (exact) mass is 407 g/mol. The van der Waals surface area contributed by atoms with Gasteiger partial charge in [0, 0.05) is 24.8 Å². The molecule has 0 saturated carbocycles. The molecule has 1 fully saturated rings. The van der Waals surface area contributed by atoms with E-state index in [0.717, 1.165) is 15.7 Å². The number of rotatable bonds is 7.